The number of carbonyl (C=O) groups is 1. The molecule has 1 atom stereocenters. The molecule has 3 N–H and O–H groups in total. The lowest BCUT2D eigenvalue weighted by Crippen LogP contribution is -2.43. The van der Waals surface area contributed by atoms with Crippen LogP contribution in [0, 0.1) is 12.8 Å². The minimum atomic E-state index is -0.0436. The van der Waals surface area contributed by atoms with Gasteiger partial charge in [0.15, 0.2) is 5.96 Å². The van der Waals surface area contributed by atoms with E-state index in [-0.39, 0.29) is 12.5 Å². The van der Waals surface area contributed by atoms with Crippen LogP contribution in [0.2, 0.25) is 0 Å². The van der Waals surface area contributed by atoms with E-state index < -0.39 is 0 Å². The molecule has 1 aliphatic rings. The Morgan fingerprint density at radius 3 is 2.89 bits per heavy atom. The molecule has 7 nitrogen and oxygen atoms in total. The van der Waals surface area contributed by atoms with Crippen molar-refractivity contribution >= 4 is 11.9 Å². The van der Waals surface area contributed by atoms with E-state index in [1.54, 1.807) is 7.05 Å². The van der Waals surface area contributed by atoms with Gasteiger partial charge in [-0.15, -0.1) is 0 Å². The van der Waals surface area contributed by atoms with Crippen molar-refractivity contribution in [2.75, 3.05) is 40.0 Å². The Bertz CT molecular complexity index is 628. The highest BCUT2D eigenvalue weighted by Crippen LogP contribution is 2.22. The largest absolute Gasteiger partial charge is 0.493 e. The van der Waals surface area contributed by atoms with E-state index in [9.17, 15) is 4.79 Å². The van der Waals surface area contributed by atoms with Crippen LogP contribution >= 0.6 is 0 Å². The van der Waals surface area contributed by atoms with Gasteiger partial charge in [-0.3, -0.25) is 9.79 Å². The molecule has 0 aromatic heterocycles. The molecule has 27 heavy (non-hydrogen) atoms. The first-order valence-corrected chi connectivity index (χ1v) is 9.63. The first kappa shape index (κ1) is 21.0. The number of amides is 1. The summed E-state index contributed by atoms with van der Waals surface area (Å²) in [7, 11) is 1.69. The Morgan fingerprint density at radius 1 is 1.33 bits per heavy atom. The first-order valence-electron chi connectivity index (χ1n) is 9.63. The van der Waals surface area contributed by atoms with Gasteiger partial charge in [0.2, 0.25) is 5.91 Å². The van der Waals surface area contributed by atoms with Crippen molar-refractivity contribution in [1.82, 2.24) is 16.0 Å². The lowest BCUT2D eigenvalue weighted by molar-refractivity contribution is -0.120. The summed E-state index contributed by atoms with van der Waals surface area (Å²) in [6.07, 6.45) is 1.97. The van der Waals surface area contributed by atoms with Gasteiger partial charge in [0.1, 0.15) is 5.75 Å². The zero-order chi connectivity index (χ0) is 19.5. The fraction of sp³-hybridized carbons (Fsp3) is 0.600. The Balaban J connectivity index is 1.86. The summed E-state index contributed by atoms with van der Waals surface area (Å²) in [5.74, 6) is 1.88. The Morgan fingerprint density at radius 2 is 2.19 bits per heavy atom. The highest BCUT2D eigenvalue weighted by atomic mass is 16.5. The maximum Gasteiger partial charge on any atom is 0.239 e. The molecule has 0 aliphatic carbocycles. The summed E-state index contributed by atoms with van der Waals surface area (Å²) in [4.78, 5) is 15.9. The van der Waals surface area contributed by atoms with E-state index in [1.165, 1.54) is 0 Å². The molecule has 1 saturated heterocycles. The Labute approximate surface area is 161 Å². The van der Waals surface area contributed by atoms with E-state index in [4.69, 9.17) is 9.47 Å². The van der Waals surface area contributed by atoms with E-state index in [0.717, 1.165) is 42.9 Å². The average molecular weight is 377 g/mol. The monoisotopic (exact) mass is 376 g/mol. The van der Waals surface area contributed by atoms with Crippen molar-refractivity contribution in [3.8, 4) is 5.75 Å². The zero-order valence-corrected chi connectivity index (χ0v) is 16.6. The molecule has 1 aliphatic heterocycles. The van der Waals surface area contributed by atoms with Crippen molar-refractivity contribution in [3.05, 3.63) is 29.3 Å². The Kier molecular flexibility index (Phi) is 8.91. The van der Waals surface area contributed by atoms with Crippen LogP contribution in [0.4, 0.5) is 0 Å². The summed E-state index contributed by atoms with van der Waals surface area (Å²) < 4.78 is 11.5. The van der Waals surface area contributed by atoms with Crippen LogP contribution < -0.4 is 20.7 Å². The van der Waals surface area contributed by atoms with Crippen molar-refractivity contribution in [2.24, 2.45) is 10.9 Å². The predicted octanol–water partition coefficient (Wildman–Crippen LogP) is 1.60. The summed E-state index contributed by atoms with van der Waals surface area (Å²) in [6, 6.07) is 6.18. The molecule has 0 radical (unpaired) electrons. The molecule has 1 unspecified atom stereocenters. The maximum absolute atomic E-state index is 11.7. The van der Waals surface area contributed by atoms with E-state index in [2.05, 4.69) is 46.1 Å². The van der Waals surface area contributed by atoms with Gasteiger partial charge in [-0.05, 0) is 31.4 Å². The van der Waals surface area contributed by atoms with Crippen molar-refractivity contribution in [3.63, 3.8) is 0 Å². The normalized spacial score (nSPS) is 16.9. The third-order valence-electron chi connectivity index (χ3n) is 4.38. The number of hydrogen-bond acceptors (Lipinski definition) is 4. The summed E-state index contributed by atoms with van der Waals surface area (Å²) in [5.41, 5.74) is 2.21. The standard InChI is InChI=1S/C20H32N4O3/c1-4-8-22-19(25)12-24-20(21-3)23-11-17-6-5-15(2)10-18(17)27-14-16-7-9-26-13-16/h5-6,10,16H,4,7-9,11-14H2,1-3H3,(H,22,25)(H2,21,23,24). The average Bonchev–Trinajstić information content (AvgIpc) is 3.19. The molecule has 2 rings (SSSR count). The van der Waals surface area contributed by atoms with Crippen LogP contribution in [-0.2, 0) is 16.1 Å². The summed E-state index contributed by atoms with van der Waals surface area (Å²) >= 11 is 0. The number of ether oxygens (including phenoxy) is 2. The van der Waals surface area contributed by atoms with Crippen LogP contribution in [-0.4, -0.2) is 51.8 Å². The summed E-state index contributed by atoms with van der Waals surface area (Å²) in [5, 5.41) is 9.09. The van der Waals surface area contributed by atoms with Crippen LogP contribution in [0.1, 0.15) is 30.9 Å². The fourth-order valence-electron chi connectivity index (χ4n) is 2.76. The van der Waals surface area contributed by atoms with E-state index in [0.29, 0.717) is 31.6 Å². The second-order valence-corrected chi connectivity index (χ2v) is 6.78. The molecule has 1 fully saturated rings. The first-order chi connectivity index (χ1) is 13.1. The van der Waals surface area contributed by atoms with Gasteiger partial charge >= 0.3 is 0 Å². The van der Waals surface area contributed by atoms with Crippen molar-refractivity contribution in [1.29, 1.82) is 0 Å². The molecule has 7 heteroatoms. The van der Waals surface area contributed by atoms with E-state index >= 15 is 0 Å². The van der Waals surface area contributed by atoms with E-state index in [1.807, 2.05) is 6.92 Å². The predicted molar refractivity (Wildman–Crippen MR) is 107 cm³/mol. The molecule has 0 saturated carbocycles. The third-order valence-corrected chi connectivity index (χ3v) is 4.38. The zero-order valence-electron chi connectivity index (χ0n) is 16.6. The number of benzene rings is 1. The highest BCUT2D eigenvalue weighted by molar-refractivity contribution is 5.86. The fourth-order valence-corrected chi connectivity index (χ4v) is 2.76. The molecule has 0 spiro atoms. The molecular weight excluding hydrogens is 344 g/mol. The minimum Gasteiger partial charge on any atom is -0.493 e. The number of aryl methyl sites for hydroxylation is 1. The topological polar surface area (TPSA) is 84.0 Å². The van der Waals surface area contributed by atoms with Gasteiger partial charge in [0, 0.05) is 38.2 Å². The second kappa shape index (κ2) is 11.4. The quantitative estimate of drug-likeness (QED) is 0.450. The van der Waals surface area contributed by atoms with Gasteiger partial charge in [-0.25, -0.2) is 0 Å². The lowest BCUT2D eigenvalue weighted by atomic mass is 10.1. The smallest absolute Gasteiger partial charge is 0.239 e. The number of hydrogen-bond donors (Lipinski definition) is 3. The SMILES string of the molecule is CCCNC(=O)CNC(=NC)NCc1ccc(C)cc1OCC1CCOC1. The number of guanidine groups is 1. The van der Waals surface area contributed by atoms with Crippen LogP contribution in [0.25, 0.3) is 0 Å². The number of nitrogens with zero attached hydrogens (tertiary/aromatic N) is 1. The number of nitrogens with one attached hydrogen (secondary N) is 3. The number of carbonyl (C=O) groups excluding carboxylic acids is 1. The molecule has 150 valence electrons. The second-order valence-electron chi connectivity index (χ2n) is 6.78. The van der Waals surface area contributed by atoms with Gasteiger partial charge in [-0.1, -0.05) is 19.1 Å². The number of rotatable bonds is 9. The minimum absolute atomic E-state index is 0.0436. The molecule has 1 aromatic rings. The number of aliphatic imine (C=N–C) groups is 1. The van der Waals surface area contributed by atoms with Crippen molar-refractivity contribution < 1.29 is 14.3 Å². The molecule has 1 aromatic carbocycles. The van der Waals surface area contributed by atoms with Crippen LogP contribution in [0.5, 0.6) is 5.75 Å². The van der Waals surface area contributed by atoms with Crippen LogP contribution in [0.3, 0.4) is 0 Å². The van der Waals surface area contributed by atoms with Crippen LogP contribution in [0.15, 0.2) is 23.2 Å². The molecular formula is C20H32N4O3. The Hall–Kier alpha value is -2.28. The van der Waals surface area contributed by atoms with Gasteiger partial charge in [-0.2, -0.15) is 0 Å². The molecule has 0 bridgehead atoms. The van der Waals surface area contributed by atoms with Gasteiger partial charge in [0.05, 0.1) is 19.8 Å². The molecule has 1 amide bonds. The lowest BCUT2D eigenvalue weighted by Gasteiger charge is -2.17. The maximum atomic E-state index is 11.7. The van der Waals surface area contributed by atoms with Gasteiger partial charge < -0.3 is 25.4 Å². The third kappa shape index (κ3) is 7.46. The summed E-state index contributed by atoms with van der Waals surface area (Å²) in [6.45, 7) is 7.78. The highest BCUT2D eigenvalue weighted by Gasteiger charge is 2.17. The molecule has 1 heterocycles. The van der Waals surface area contributed by atoms with Gasteiger partial charge in [0.25, 0.3) is 0 Å². The van der Waals surface area contributed by atoms with Crippen molar-refractivity contribution in [2.45, 2.75) is 33.2 Å².